The van der Waals surface area contributed by atoms with Crippen LogP contribution >= 0.6 is 0 Å². The summed E-state index contributed by atoms with van der Waals surface area (Å²) in [6.07, 6.45) is 0.528. The van der Waals surface area contributed by atoms with E-state index in [1.165, 1.54) is 0 Å². The summed E-state index contributed by atoms with van der Waals surface area (Å²) in [4.78, 5) is 25.5. The van der Waals surface area contributed by atoms with Crippen molar-refractivity contribution in [2.75, 3.05) is 26.2 Å². The molecule has 2 aliphatic rings. The van der Waals surface area contributed by atoms with Gasteiger partial charge in [0.25, 0.3) is 5.92 Å². The third-order valence-electron chi connectivity index (χ3n) is 6.06. The highest BCUT2D eigenvalue weighted by Gasteiger charge is 2.43. The number of rotatable bonds is 9. The fraction of sp³-hybridized carbons (Fsp3) is 0.417. The molecule has 1 fully saturated rings. The van der Waals surface area contributed by atoms with Gasteiger partial charge in [-0.1, -0.05) is 48.5 Å². The van der Waals surface area contributed by atoms with Crippen molar-refractivity contribution in [1.82, 2.24) is 10.2 Å². The lowest BCUT2D eigenvalue weighted by Crippen LogP contribution is -2.56. The van der Waals surface area contributed by atoms with Gasteiger partial charge >= 0.3 is 12.1 Å². The molecule has 0 saturated carbocycles. The minimum atomic E-state index is -2.60. The summed E-state index contributed by atoms with van der Waals surface area (Å²) in [6, 6.07) is 14.8. The molecule has 2 N–H and O–H groups in total. The van der Waals surface area contributed by atoms with Gasteiger partial charge in [-0.25, -0.2) is 18.4 Å². The van der Waals surface area contributed by atoms with Crippen LogP contribution in [0.15, 0.2) is 48.5 Å². The Kier molecular flexibility index (Phi) is 6.41. The van der Waals surface area contributed by atoms with E-state index >= 15 is 0 Å². The SMILES string of the molecule is O=C(N[C@@H](CCCCN1CC(F)(F)C1)C(=O)O)OCC1c2ccccc2-c2ccccc21. The zero-order valence-corrected chi connectivity index (χ0v) is 17.6. The average molecular weight is 444 g/mol. The predicted octanol–water partition coefficient (Wildman–Crippen LogP) is 4.10. The van der Waals surface area contributed by atoms with Gasteiger partial charge in [-0.15, -0.1) is 0 Å². The van der Waals surface area contributed by atoms with E-state index in [9.17, 15) is 23.5 Å². The van der Waals surface area contributed by atoms with Crippen LogP contribution in [0, 0.1) is 0 Å². The van der Waals surface area contributed by atoms with Gasteiger partial charge < -0.3 is 15.2 Å². The highest BCUT2D eigenvalue weighted by molar-refractivity contribution is 5.81. The highest BCUT2D eigenvalue weighted by Crippen LogP contribution is 2.44. The lowest BCUT2D eigenvalue weighted by atomic mass is 9.98. The van der Waals surface area contributed by atoms with Crippen molar-refractivity contribution in [3.8, 4) is 11.1 Å². The zero-order chi connectivity index (χ0) is 22.7. The molecular formula is C24H26F2N2O4. The number of amides is 1. The van der Waals surface area contributed by atoms with Gasteiger partial charge in [0.15, 0.2) is 0 Å². The number of carbonyl (C=O) groups is 2. The Bertz CT molecular complexity index is 944. The van der Waals surface area contributed by atoms with Crippen molar-refractivity contribution in [3.63, 3.8) is 0 Å². The van der Waals surface area contributed by atoms with Crippen LogP contribution in [0.3, 0.4) is 0 Å². The number of carbonyl (C=O) groups excluding carboxylic acids is 1. The van der Waals surface area contributed by atoms with Gasteiger partial charge in [-0.05, 0) is 48.1 Å². The van der Waals surface area contributed by atoms with Crippen molar-refractivity contribution < 1.29 is 28.2 Å². The molecule has 0 spiro atoms. The summed E-state index contributed by atoms with van der Waals surface area (Å²) in [6.45, 7) is 0.114. The molecule has 1 aliphatic carbocycles. The van der Waals surface area contributed by atoms with Crippen LogP contribution in [-0.2, 0) is 9.53 Å². The van der Waals surface area contributed by atoms with Crippen molar-refractivity contribution in [3.05, 3.63) is 59.7 Å². The smallest absolute Gasteiger partial charge is 0.407 e. The third-order valence-corrected chi connectivity index (χ3v) is 6.06. The number of fused-ring (bicyclic) bond motifs is 3. The van der Waals surface area contributed by atoms with Crippen molar-refractivity contribution in [2.24, 2.45) is 0 Å². The van der Waals surface area contributed by atoms with Crippen LogP contribution in [0.5, 0.6) is 0 Å². The summed E-state index contributed by atoms with van der Waals surface area (Å²) >= 11 is 0. The molecule has 2 aromatic rings. The minimum Gasteiger partial charge on any atom is -0.480 e. The third kappa shape index (κ3) is 4.91. The van der Waals surface area contributed by atoms with Crippen LogP contribution in [0.1, 0.15) is 36.3 Å². The first-order valence-electron chi connectivity index (χ1n) is 10.8. The number of ether oxygens (including phenoxy) is 1. The Morgan fingerprint density at radius 2 is 1.66 bits per heavy atom. The van der Waals surface area contributed by atoms with Crippen LogP contribution in [0.2, 0.25) is 0 Å². The largest absolute Gasteiger partial charge is 0.480 e. The minimum absolute atomic E-state index is 0.105. The molecule has 6 nitrogen and oxygen atoms in total. The molecule has 8 heteroatoms. The van der Waals surface area contributed by atoms with Crippen molar-refractivity contribution >= 4 is 12.1 Å². The van der Waals surface area contributed by atoms with E-state index in [2.05, 4.69) is 5.32 Å². The number of unbranched alkanes of at least 4 members (excludes halogenated alkanes) is 1. The first-order valence-corrected chi connectivity index (χ1v) is 10.8. The zero-order valence-electron chi connectivity index (χ0n) is 17.6. The van der Waals surface area contributed by atoms with Crippen LogP contribution in [0.4, 0.5) is 13.6 Å². The van der Waals surface area contributed by atoms with Gasteiger partial charge in [-0.2, -0.15) is 0 Å². The lowest BCUT2D eigenvalue weighted by molar-refractivity contribution is -0.139. The molecule has 1 atom stereocenters. The molecule has 2 aromatic carbocycles. The maximum atomic E-state index is 12.8. The number of alkyl halides is 2. The molecule has 0 unspecified atom stereocenters. The van der Waals surface area contributed by atoms with Crippen LogP contribution in [0.25, 0.3) is 11.1 Å². The Hall–Kier alpha value is -3.00. The number of nitrogens with one attached hydrogen (secondary N) is 1. The molecular weight excluding hydrogens is 418 g/mol. The number of halogens is 2. The second-order valence-corrected chi connectivity index (χ2v) is 8.42. The quantitative estimate of drug-likeness (QED) is 0.570. The first kappa shape index (κ1) is 22.2. The molecule has 4 rings (SSSR count). The highest BCUT2D eigenvalue weighted by atomic mass is 19.3. The summed E-state index contributed by atoms with van der Waals surface area (Å²) in [5.41, 5.74) is 4.38. The number of carboxylic acids is 1. The van der Waals surface area contributed by atoms with Gasteiger partial charge in [0.2, 0.25) is 0 Å². The topological polar surface area (TPSA) is 78.9 Å². The molecule has 0 aromatic heterocycles. The Balaban J connectivity index is 1.26. The Morgan fingerprint density at radius 1 is 1.06 bits per heavy atom. The van der Waals surface area contributed by atoms with Crippen molar-refractivity contribution in [2.45, 2.75) is 37.1 Å². The number of aliphatic carboxylic acids is 1. The number of carboxylic acid groups (broad SMARTS) is 1. The van der Waals surface area contributed by atoms with E-state index in [-0.39, 0.29) is 32.0 Å². The standard InChI is InChI=1S/C24H26F2N2O4/c25-24(26)14-28(15-24)12-6-5-11-21(22(29)30)27-23(31)32-13-20-18-9-3-1-7-16(18)17-8-2-4-10-19(17)20/h1-4,7-10,20-21H,5-6,11-15H2,(H,27,31)(H,29,30)/t21-/m0/s1. The number of alkyl carbamates (subject to hydrolysis) is 1. The molecule has 0 bridgehead atoms. The molecule has 1 heterocycles. The van der Waals surface area contributed by atoms with E-state index < -0.39 is 24.0 Å². The summed E-state index contributed by atoms with van der Waals surface area (Å²) in [5, 5.41) is 11.8. The van der Waals surface area contributed by atoms with E-state index in [1.807, 2.05) is 48.5 Å². The van der Waals surface area contributed by atoms with Gasteiger partial charge in [0.1, 0.15) is 12.6 Å². The molecule has 0 radical (unpaired) electrons. The van der Waals surface area contributed by atoms with Crippen LogP contribution in [-0.4, -0.2) is 60.3 Å². The number of hydrogen-bond donors (Lipinski definition) is 2. The molecule has 1 aliphatic heterocycles. The fourth-order valence-electron chi connectivity index (χ4n) is 4.49. The second-order valence-electron chi connectivity index (χ2n) is 8.42. The Labute approximate surface area is 185 Å². The molecule has 32 heavy (non-hydrogen) atoms. The monoisotopic (exact) mass is 444 g/mol. The number of hydrogen-bond acceptors (Lipinski definition) is 4. The maximum Gasteiger partial charge on any atom is 0.407 e. The molecule has 1 saturated heterocycles. The van der Waals surface area contributed by atoms with E-state index in [0.29, 0.717) is 19.4 Å². The average Bonchev–Trinajstić information content (AvgIpc) is 3.06. The second kappa shape index (κ2) is 9.24. The molecule has 1 amide bonds. The summed E-state index contributed by atoms with van der Waals surface area (Å²) in [5.74, 6) is -3.85. The number of nitrogens with zero attached hydrogens (tertiary/aromatic N) is 1. The number of likely N-dealkylation sites (tertiary alicyclic amines) is 1. The van der Waals surface area contributed by atoms with Crippen LogP contribution < -0.4 is 5.32 Å². The maximum absolute atomic E-state index is 12.8. The number of benzene rings is 2. The summed E-state index contributed by atoms with van der Waals surface area (Å²) in [7, 11) is 0. The lowest BCUT2D eigenvalue weighted by Gasteiger charge is -2.38. The molecule has 170 valence electrons. The van der Waals surface area contributed by atoms with E-state index in [4.69, 9.17) is 4.74 Å². The van der Waals surface area contributed by atoms with Gasteiger partial charge in [-0.3, -0.25) is 4.90 Å². The summed E-state index contributed by atoms with van der Waals surface area (Å²) < 4.78 is 31.1. The first-order chi connectivity index (χ1) is 15.3. The normalized spacial score (nSPS) is 17.7. The Morgan fingerprint density at radius 3 is 2.22 bits per heavy atom. The van der Waals surface area contributed by atoms with Crippen molar-refractivity contribution in [1.29, 1.82) is 0 Å². The van der Waals surface area contributed by atoms with Gasteiger partial charge in [0.05, 0.1) is 13.1 Å². The van der Waals surface area contributed by atoms with Gasteiger partial charge in [0, 0.05) is 5.92 Å². The predicted molar refractivity (Wildman–Crippen MR) is 115 cm³/mol. The van der Waals surface area contributed by atoms with E-state index in [1.54, 1.807) is 4.90 Å². The fourth-order valence-corrected chi connectivity index (χ4v) is 4.49. The van der Waals surface area contributed by atoms with E-state index in [0.717, 1.165) is 22.3 Å².